The SMILES string of the molecule is CNC(=O)C1=CNC=C(C(=O)Nc2cc3cc(-c4cn(C)cn4)ncc3cn2)C=C1. The Bertz CT molecular complexity index is 1240. The summed E-state index contributed by atoms with van der Waals surface area (Å²) in [6.45, 7) is 0. The summed E-state index contributed by atoms with van der Waals surface area (Å²) in [6.07, 6.45) is 13.2. The number of aromatic nitrogens is 4. The van der Waals surface area contributed by atoms with Crippen LogP contribution in [0.1, 0.15) is 0 Å². The first-order valence-electron chi connectivity index (χ1n) is 9.15. The van der Waals surface area contributed by atoms with Gasteiger partial charge in [-0.05, 0) is 29.7 Å². The van der Waals surface area contributed by atoms with Crippen LogP contribution in [0.2, 0.25) is 0 Å². The van der Waals surface area contributed by atoms with E-state index in [1.807, 2.05) is 23.9 Å². The molecule has 1 aliphatic heterocycles. The third kappa shape index (κ3) is 3.95. The Morgan fingerprint density at radius 1 is 0.933 bits per heavy atom. The van der Waals surface area contributed by atoms with Gasteiger partial charge in [0.2, 0.25) is 0 Å². The first-order valence-corrected chi connectivity index (χ1v) is 9.15. The third-order valence-electron chi connectivity index (χ3n) is 4.48. The standard InChI is InChI=1S/C21H19N7O2/c1-22-20(29)13-3-4-14(8-23-7-13)21(30)27-19-6-15-5-17(18-11-28(2)12-26-18)24-9-16(15)10-25-19/h3-12,23H,1-2H3,(H,22,29)(H,25,27,30). The minimum atomic E-state index is -0.351. The molecule has 9 heteroatoms. The number of pyridine rings is 2. The van der Waals surface area contributed by atoms with Gasteiger partial charge in [-0.25, -0.2) is 9.97 Å². The van der Waals surface area contributed by atoms with Crippen LogP contribution in [0, 0.1) is 0 Å². The van der Waals surface area contributed by atoms with E-state index < -0.39 is 0 Å². The second-order valence-corrected chi connectivity index (χ2v) is 6.64. The van der Waals surface area contributed by atoms with Crippen LogP contribution in [-0.2, 0) is 16.6 Å². The number of fused-ring (bicyclic) bond motifs is 1. The molecular formula is C21H19N7O2. The minimum absolute atomic E-state index is 0.248. The Balaban J connectivity index is 1.54. The maximum Gasteiger partial charge on any atom is 0.258 e. The lowest BCUT2D eigenvalue weighted by Gasteiger charge is -2.07. The lowest BCUT2D eigenvalue weighted by atomic mass is 10.1. The van der Waals surface area contributed by atoms with Crippen LogP contribution < -0.4 is 16.0 Å². The summed E-state index contributed by atoms with van der Waals surface area (Å²) < 4.78 is 1.85. The van der Waals surface area contributed by atoms with Crippen LogP contribution in [0.5, 0.6) is 0 Å². The Morgan fingerprint density at radius 3 is 2.37 bits per heavy atom. The van der Waals surface area contributed by atoms with Crippen molar-refractivity contribution in [3.8, 4) is 11.4 Å². The number of anilines is 1. The van der Waals surface area contributed by atoms with E-state index >= 15 is 0 Å². The molecule has 3 aromatic rings. The van der Waals surface area contributed by atoms with Crippen molar-refractivity contribution in [2.24, 2.45) is 7.05 Å². The van der Waals surface area contributed by atoms with Crippen LogP contribution in [0.4, 0.5) is 5.82 Å². The molecule has 0 radical (unpaired) electrons. The summed E-state index contributed by atoms with van der Waals surface area (Å²) in [7, 11) is 3.44. The normalized spacial score (nSPS) is 13.1. The lowest BCUT2D eigenvalue weighted by molar-refractivity contribution is -0.116. The highest BCUT2D eigenvalue weighted by atomic mass is 16.2. The predicted molar refractivity (Wildman–Crippen MR) is 113 cm³/mol. The molecule has 9 nitrogen and oxygen atoms in total. The van der Waals surface area contributed by atoms with E-state index in [-0.39, 0.29) is 11.8 Å². The number of imidazole rings is 1. The number of amides is 2. The van der Waals surface area contributed by atoms with Gasteiger partial charge in [0.25, 0.3) is 11.8 Å². The summed E-state index contributed by atoms with van der Waals surface area (Å²) >= 11 is 0. The van der Waals surface area contributed by atoms with Crippen molar-refractivity contribution in [1.82, 2.24) is 30.2 Å². The summed E-state index contributed by atoms with van der Waals surface area (Å²) in [5.74, 6) is -0.192. The summed E-state index contributed by atoms with van der Waals surface area (Å²) in [4.78, 5) is 37.4. The van der Waals surface area contributed by atoms with Crippen molar-refractivity contribution >= 4 is 28.4 Å². The minimum Gasteiger partial charge on any atom is -0.366 e. The number of likely N-dealkylation sites (N-methyl/N-ethyl adjacent to an activating group) is 1. The van der Waals surface area contributed by atoms with E-state index in [2.05, 4.69) is 30.9 Å². The molecule has 0 aliphatic carbocycles. The molecule has 0 saturated heterocycles. The van der Waals surface area contributed by atoms with Gasteiger partial charge in [-0.15, -0.1) is 0 Å². The van der Waals surface area contributed by atoms with E-state index in [0.717, 1.165) is 22.2 Å². The van der Waals surface area contributed by atoms with Gasteiger partial charge in [0.15, 0.2) is 0 Å². The van der Waals surface area contributed by atoms with Crippen LogP contribution in [0.3, 0.4) is 0 Å². The smallest absolute Gasteiger partial charge is 0.258 e. The maximum atomic E-state index is 12.6. The molecule has 0 saturated carbocycles. The van der Waals surface area contributed by atoms with Gasteiger partial charge in [-0.3, -0.25) is 14.6 Å². The van der Waals surface area contributed by atoms with Crippen LogP contribution in [-0.4, -0.2) is 38.4 Å². The second kappa shape index (κ2) is 8.00. The highest BCUT2D eigenvalue weighted by molar-refractivity contribution is 6.06. The average molecular weight is 401 g/mol. The summed E-state index contributed by atoms with van der Waals surface area (Å²) in [5.41, 5.74) is 2.27. The third-order valence-corrected chi connectivity index (χ3v) is 4.48. The summed E-state index contributed by atoms with van der Waals surface area (Å²) in [6, 6.07) is 3.69. The number of carbonyl (C=O) groups is 2. The fourth-order valence-electron chi connectivity index (χ4n) is 2.90. The Hall–Kier alpha value is -4.27. The Kier molecular flexibility index (Phi) is 5.08. The maximum absolute atomic E-state index is 12.6. The molecule has 3 N–H and O–H groups in total. The Morgan fingerprint density at radius 2 is 1.67 bits per heavy atom. The van der Waals surface area contributed by atoms with Crippen LogP contribution in [0.25, 0.3) is 22.2 Å². The van der Waals surface area contributed by atoms with E-state index in [0.29, 0.717) is 17.0 Å². The molecule has 4 heterocycles. The van der Waals surface area contributed by atoms with Crippen molar-refractivity contribution in [3.63, 3.8) is 0 Å². The molecule has 0 atom stereocenters. The quantitative estimate of drug-likeness (QED) is 0.613. The molecule has 2 amide bonds. The van der Waals surface area contributed by atoms with E-state index in [9.17, 15) is 9.59 Å². The zero-order valence-electron chi connectivity index (χ0n) is 16.4. The van der Waals surface area contributed by atoms with Gasteiger partial charge in [0.05, 0.1) is 23.2 Å². The number of nitrogens with zero attached hydrogens (tertiary/aromatic N) is 4. The molecule has 30 heavy (non-hydrogen) atoms. The molecule has 0 fully saturated rings. The summed E-state index contributed by atoms with van der Waals surface area (Å²) in [5, 5.41) is 9.89. The predicted octanol–water partition coefficient (Wildman–Crippen LogP) is 1.64. The van der Waals surface area contributed by atoms with E-state index in [1.54, 1.807) is 44.0 Å². The van der Waals surface area contributed by atoms with Gasteiger partial charge in [-0.1, -0.05) is 0 Å². The highest BCUT2D eigenvalue weighted by Gasteiger charge is 2.12. The lowest BCUT2D eigenvalue weighted by Crippen LogP contribution is -2.19. The molecule has 3 aromatic heterocycles. The average Bonchev–Trinajstić information content (AvgIpc) is 3.04. The molecule has 1 aliphatic rings. The fraction of sp³-hybridized carbons (Fsp3) is 0.0952. The Labute approximate surface area is 172 Å². The van der Waals surface area contributed by atoms with Crippen LogP contribution >= 0.6 is 0 Å². The van der Waals surface area contributed by atoms with Gasteiger partial charge >= 0.3 is 0 Å². The first-order chi connectivity index (χ1) is 14.5. The van der Waals surface area contributed by atoms with Crippen molar-refractivity contribution in [2.45, 2.75) is 0 Å². The number of carbonyl (C=O) groups excluding carboxylic acids is 2. The van der Waals surface area contributed by atoms with Crippen molar-refractivity contribution in [1.29, 1.82) is 0 Å². The largest absolute Gasteiger partial charge is 0.366 e. The van der Waals surface area contributed by atoms with Gasteiger partial charge in [-0.2, -0.15) is 0 Å². The number of hydrogen-bond acceptors (Lipinski definition) is 6. The van der Waals surface area contributed by atoms with Crippen LogP contribution in [0.15, 0.2) is 72.7 Å². The molecule has 4 rings (SSSR count). The van der Waals surface area contributed by atoms with Crippen molar-refractivity contribution in [2.75, 3.05) is 12.4 Å². The number of aryl methyl sites for hydroxylation is 1. The number of hydrogen-bond donors (Lipinski definition) is 3. The number of rotatable bonds is 4. The van der Waals surface area contributed by atoms with Crippen molar-refractivity contribution < 1.29 is 9.59 Å². The fourth-order valence-corrected chi connectivity index (χ4v) is 2.90. The molecule has 0 unspecified atom stereocenters. The zero-order chi connectivity index (χ0) is 21.1. The monoisotopic (exact) mass is 401 g/mol. The molecule has 0 aromatic carbocycles. The zero-order valence-corrected chi connectivity index (χ0v) is 16.4. The molecule has 0 spiro atoms. The second-order valence-electron chi connectivity index (χ2n) is 6.64. The molecule has 150 valence electrons. The van der Waals surface area contributed by atoms with E-state index in [4.69, 9.17) is 0 Å². The van der Waals surface area contributed by atoms with Gasteiger partial charge in [0.1, 0.15) is 11.5 Å². The topological polar surface area (TPSA) is 114 Å². The van der Waals surface area contributed by atoms with Gasteiger partial charge in [0, 0.05) is 50.5 Å². The highest BCUT2D eigenvalue weighted by Crippen LogP contribution is 2.22. The van der Waals surface area contributed by atoms with Gasteiger partial charge < -0.3 is 20.5 Å². The number of nitrogens with one attached hydrogen (secondary N) is 3. The molecule has 0 bridgehead atoms. The first kappa shape index (κ1) is 19.1. The molecular weight excluding hydrogens is 382 g/mol. The van der Waals surface area contributed by atoms with Crippen molar-refractivity contribution in [3.05, 3.63) is 72.7 Å². The van der Waals surface area contributed by atoms with E-state index in [1.165, 1.54) is 12.4 Å².